The van der Waals surface area contributed by atoms with Crippen LogP contribution in [0, 0.1) is 0 Å². The summed E-state index contributed by atoms with van der Waals surface area (Å²) in [5, 5.41) is 0.912. The summed E-state index contributed by atoms with van der Waals surface area (Å²) in [7, 11) is 1.66. The van der Waals surface area contributed by atoms with Crippen molar-refractivity contribution in [3.05, 3.63) is 30.5 Å². The van der Waals surface area contributed by atoms with Gasteiger partial charge in [0.1, 0.15) is 17.9 Å². The van der Waals surface area contributed by atoms with E-state index in [1.54, 1.807) is 13.3 Å². The average molecular weight is 232 g/mol. The summed E-state index contributed by atoms with van der Waals surface area (Å²) in [5.74, 6) is 0.735. The molecule has 1 aromatic carbocycles. The van der Waals surface area contributed by atoms with Crippen molar-refractivity contribution >= 4 is 16.6 Å². The smallest absolute Gasteiger partial charge is 0.145 e. The number of anilines is 1. The Morgan fingerprint density at radius 1 is 1.35 bits per heavy atom. The molecule has 1 unspecified atom stereocenters. The van der Waals surface area contributed by atoms with Crippen LogP contribution in [0.15, 0.2) is 30.5 Å². The van der Waals surface area contributed by atoms with Crippen LogP contribution >= 0.6 is 0 Å². The highest BCUT2D eigenvalue weighted by Crippen LogP contribution is 2.28. The lowest BCUT2D eigenvalue weighted by Gasteiger charge is -2.13. The molecule has 4 nitrogen and oxygen atoms in total. The minimum absolute atomic E-state index is 0.0475. The minimum atomic E-state index is 0.0475. The molecule has 1 heterocycles. The monoisotopic (exact) mass is 232 g/mol. The largest absolute Gasteiger partial charge is 0.489 e. The number of fused-ring (bicyclic) bond motifs is 1. The number of hydrogen-bond donors (Lipinski definition) is 1. The zero-order chi connectivity index (χ0) is 12.3. The fourth-order valence-corrected chi connectivity index (χ4v) is 1.56. The third-order valence-corrected chi connectivity index (χ3v) is 2.64. The number of hydrogen-bond acceptors (Lipinski definition) is 4. The van der Waals surface area contributed by atoms with Gasteiger partial charge < -0.3 is 15.2 Å². The maximum atomic E-state index is 5.89. The second-order valence-electron chi connectivity index (χ2n) is 3.91. The van der Waals surface area contributed by atoms with Crippen LogP contribution in [-0.4, -0.2) is 24.8 Å². The Kier molecular flexibility index (Phi) is 3.44. The second-order valence-corrected chi connectivity index (χ2v) is 3.91. The van der Waals surface area contributed by atoms with Gasteiger partial charge in [0, 0.05) is 24.4 Å². The number of rotatable bonds is 4. The molecule has 90 valence electrons. The van der Waals surface area contributed by atoms with Crippen molar-refractivity contribution in [2.24, 2.45) is 0 Å². The molecular weight excluding hydrogens is 216 g/mol. The predicted molar refractivity (Wildman–Crippen MR) is 68.1 cm³/mol. The van der Waals surface area contributed by atoms with E-state index in [1.807, 2.05) is 31.2 Å². The van der Waals surface area contributed by atoms with E-state index >= 15 is 0 Å². The molecule has 0 radical (unpaired) electrons. The zero-order valence-corrected chi connectivity index (χ0v) is 10.0. The molecule has 0 aliphatic rings. The first-order valence-corrected chi connectivity index (χ1v) is 5.51. The molecule has 1 aromatic heterocycles. The number of methoxy groups -OCH3 is 1. The molecule has 17 heavy (non-hydrogen) atoms. The predicted octanol–water partition coefficient (Wildman–Crippen LogP) is 2.23. The number of nitrogens with two attached hydrogens (primary N) is 1. The van der Waals surface area contributed by atoms with Crippen LogP contribution in [0.3, 0.4) is 0 Å². The molecule has 0 spiro atoms. The topological polar surface area (TPSA) is 57.4 Å². The fraction of sp³-hybridized carbons (Fsp3) is 0.308. The van der Waals surface area contributed by atoms with Gasteiger partial charge in [-0.3, -0.25) is 4.98 Å². The van der Waals surface area contributed by atoms with E-state index in [0.717, 1.165) is 16.7 Å². The molecule has 0 aliphatic carbocycles. The molecule has 0 saturated heterocycles. The summed E-state index contributed by atoms with van der Waals surface area (Å²) in [6.07, 6.45) is 1.78. The van der Waals surface area contributed by atoms with Crippen molar-refractivity contribution in [1.29, 1.82) is 0 Å². The normalized spacial score (nSPS) is 12.6. The minimum Gasteiger partial charge on any atom is -0.489 e. The molecule has 0 bridgehead atoms. The van der Waals surface area contributed by atoms with Crippen molar-refractivity contribution in [3.63, 3.8) is 0 Å². The number of aromatic nitrogens is 1. The van der Waals surface area contributed by atoms with Gasteiger partial charge in [0.25, 0.3) is 0 Å². The third-order valence-electron chi connectivity index (χ3n) is 2.64. The van der Waals surface area contributed by atoms with Gasteiger partial charge >= 0.3 is 0 Å². The van der Waals surface area contributed by atoms with Crippen LogP contribution in [0.2, 0.25) is 0 Å². The second kappa shape index (κ2) is 5.01. The van der Waals surface area contributed by atoms with E-state index < -0.39 is 0 Å². The molecule has 2 aromatic rings. The standard InChI is InChI=1S/C13H16N2O2/c1-9(16-2)8-17-12-6-5-11(14)10-4-3-7-15-13(10)12/h3-7,9H,8,14H2,1-2H3. The molecule has 1 atom stereocenters. The average Bonchev–Trinajstić information content (AvgIpc) is 2.38. The summed E-state index contributed by atoms with van der Waals surface area (Å²) >= 11 is 0. The molecular formula is C13H16N2O2. The number of nitrogens with zero attached hydrogens (tertiary/aromatic N) is 1. The molecule has 0 fully saturated rings. The van der Waals surface area contributed by atoms with Crippen LogP contribution in [0.25, 0.3) is 10.9 Å². The van der Waals surface area contributed by atoms with E-state index in [1.165, 1.54) is 0 Å². The van der Waals surface area contributed by atoms with Crippen molar-refractivity contribution in [3.8, 4) is 5.75 Å². The van der Waals surface area contributed by atoms with E-state index in [-0.39, 0.29) is 6.10 Å². The quantitative estimate of drug-likeness (QED) is 0.821. The van der Waals surface area contributed by atoms with Gasteiger partial charge in [-0.2, -0.15) is 0 Å². The summed E-state index contributed by atoms with van der Waals surface area (Å²) in [6, 6.07) is 7.47. The Labute approximate surface area is 100 Å². The lowest BCUT2D eigenvalue weighted by Crippen LogP contribution is -2.16. The van der Waals surface area contributed by atoms with Gasteiger partial charge in [-0.1, -0.05) is 0 Å². The number of pyridine rings is 1. The Balaban J connectivity index is 2.32. The molecule has 2 N–H and O–H groups in total. The first-order chi connectivity index (χ1) is 8.22. The summed E-state index contributed by atoms with van der Waals surface area (Å²) in [6.45, 7) is 2.44. The Hall–Kier alpha value is -1.81. The highest BCUT2D eigenvalue weighted by molar-refractivity contribution is 5.94. The zero-order valence-electron chi connectivity index (χ0n) is 10.0. The van der Waals surface area contributed by atoms with Gasteiger partial charge in [0.05, 0.1) is 6.10 Å². The van der Waals surface area contributed by atoms with Crippen LogP contribution in [0.1, 0.15) is 6.92 Å². The first kappa shape index (κ1) is 11.7. The van der Waals surface area contributed by atoms with Crippen molar-refractivity contribution in [1.82, 2.24) is 4.98 Å². The molecule has 0 saturated carbocycles. The molecule has 0 aliphatic heterocycles. The summed E-state index contributed by atoms with van der Waals surface area (Å²) in [5.41, 5.74) is 7.38. The summed E-state index contributed by atoms with van der Waals surface area (Å²) in [4.78, 5) is 4.30. The lowest BCUT2D eigenvalue weighted by atomic mass is 10.1. The highest BCUT2D eigenvalue weighted by atomic mass is 16.5. The Bertz CT molecular complexity index is 514. The van der Waals surface area contributed by atoms with Crippen LogP contribution in [0.5, 0.6) is 5.75 Å². The van der Waals surface area contributed by atoms with Crippen LogP contribution < -0.4 is 10.5 Å². The number of ether oxygens (including phenoxy) is 2. The van der Waals surface area contributed by atoms with E-state index in [0.29, 0.717) is 12.3 Å². The molecule has 4 heteroatoms. The maximum Gasteiger partial charge on any atom is 0.145 e. The van der Waals surface area contributed by atoms with Gasteiger partial charge in [-0.25, -0.2) is 0 Å². The Morgan fingerprint density at radius 2 is 2.18 bits per heavy atom. The van der Waals surface area contributed by atoms with Gasteiger partial charge in [-0.05, 0) is 31.2 Å². The highest BCUT2D eigenvalue weighted by Gasteiger charge is 2.07. The van der Waals surface area contributed by atoms with Crippen molar-refractivity contribution < 1.29 is 9.47 Å². The third kappa shape index (κ3) is 2.47. The SMILES string of the molecule is COC(C)COc1ccc(N)c2cccnc12. The van der Waals surface area contributed by atoms with Gasteiger partial charge in [-0.15, -0.1) is 0 Å². The van der Waals surface area contributed by atoms with Gasteiger partial charge in [0.15, 0.2) is 0 Å². The van der Waals surface area contributed by atoms with E-state index in [4.69, 9.17) is 15.2 Å². The van der Waals surface area contributed by atoms with Crippen molar-refractivity contribution in [2.45, 2.75) is 13.0 Å². The van der Waals surface area contributed by atoms with Crippen LogP contribution in [0.4, 0.5) is 5.69 Å². The number of benzene rings is 1. The lowest BCUT2D eigenvalue weighted by molar-refractivity contribution is 0.0722. The molecule has 0 amide bonds. The van der Waals surface area contributed by atoms with E-state index in [9.17, 15) is 0 Å². The van der Waals surface area contributed by atoms with Gasteiger partial charge in [0.2, 0.25) is 0 Å². The van der Waals surface area contributed by atoms with Crippen molar-refractivity contribution in [2.75, 3.05) is 19.5 Å². The van der Waals surface area contributed by atoms with E-state index in [2.05, 4.69) is 4.98 Å². The Morgan fingerprint density at radius 3 is 2.94 bits per heavy atom. The number of nitrogen functional groups attached to an aromatic ring is 1. The fourth-order valence-electron chi connectivity index (χ4n) is 1.56. The maximum absolute atomic E-state index is 5.89. The first-order valence-electron chi connectivity index (χ1n) is 5.51. The molecule has 2 rings (SSSR count). The van der Waals surface area contributed by atoms with Crippen LogP contribution in [-0.2, 0) is 4.74 Å². The summed E-state index contributed by atoms with van der Waals surface area (Å²) < 4.78 is 10.8.